The highest BCUT2D eigenvalue weighted by molar-refractivity contribution is 14.0. The third kappa shape index (κ3) is 5.37. The second-order valence-corrected chi connectivity index (χ2v) is 5.31. The first kappa shape index (κ1) is 16.0. The molecule has 16 heavy (non-hydrogen) atoms. The van der Waals surface area contributed by atoms with Crippen LogP contribution in [0.2, 0.25) is 0 Å². The molecule has 2 N–H and O–H groups in total. The molecular formula is C12H26IN3. The van der Waals surface area contributed by atoms with E-state index in [-0.39, 0.29) is 24.0 Å². The zero-order valence-corrected chi connectivity index (χ0v) is 13.3. The van der Waals surface area contributed by atoms with Gasteiger partial charge in [-0.15, -0.1) is 24.0 Å². The van der Waals surface area contributed by atoms with Gasteiger partial charge in [-0.3, -0.25) is 4.99 Å². The largest absolute Gasteiger partial charge is 0.359 e. The number of rotatable bonds is 2. The Balaban J connectivity index is 0.00000225. The van der Waals surface area contributed by atoms with E-state index in [0.29, 0.717) is 5.41 Å². The van der Waals surface area contributed by atoms with E-state index in [1.807, 2.05) is 14.1 Å². The molecule has 0 bridgehead atoms. The van der Waals surface area contributed by atoms with Crippen molar-refractivity contribution in [3.8, 4) is 0 Å². The number of halogens is 1. The third-order valence-corrected chi connectivity index (χ3v) is 3.48. The lowest BCUT2D eigenvalue weighted by atomic mass is 9.73. The molecule has 0 radical (unpaired) electrons. The summed E-state index contributed by atoms with van der Waals surface area (Å²) in [6, 6.07) is 0. The van der Waals surface area contributed by atoms with Gasteiger partial charge in [0.2, 0.25) is 0 Å². The lowest BCUT2D eigenvalue weighted by molar-refractivity contribution is 0.192. The minimum absolute atomic E-state index is 0. The number of aliphatic imine (C=N–C) groups is 1. The zero-order chi connectivity index (χ0) is 11.3. The SMILES string of the molecule is CN=C(NC)NCC1CCC(C)(C)CC1.I. The van der Waals surface area contributed by atoms with Crippen molar-refractivity contribution >= 4 is 29.9 Å². The lowest BCUT2D eigenvalue weighted by Gasteiger charge is -2.34. The molecule has 0 amide bonds. The van der Waals surface area contributed by atoms with E-state index in [1.165, 1.54) is 25.7 Å². The number of guanidine groups is 1. The second-order valence-electron chi connectivity index (χ2n) is 5.31. The Morgan fingerprint density at radius 2 is 1.88 bits per heavy atom. The Bertz CT molecular complexity index is 216. The van der Waals surface area contributed by atoms with Crippen LogP contribution in [0.25, 0.3) is 0 Å². The van der Waals surface area contributed by atoms with Gasteiger partial charge in [0.05, 0.1) is 0 Å². The summed E-state index contributed by atoms with van der Waals surface area (Å²) in [6.07, 6.45) is 5.41. The van der Waals surface area contributed by atoms with E-state index >= 15 is 0 Å². The molecule has 0 spiro atoms. The summed E-state index contributed by atoms with van der Waals surface area (Å²) in [7, 11) is 3.71. The van der Waals surface area contributed by atoms with Gasteiger partial charge < -0.3 is 10.6 Å². The number of hydrogen-bond acceptors (Lipinski definition) is 1. The lowest BCUT2D eigenvalue weighted by Crippen LogP contribution is -2.39. The Kier molecular flexibility index (Phi) is 7.35. The van der Waals surface area contributed by atoms with Crippen LogP contribution < -0.4 is 10.6 Å². The standard InChI is InChI=1S/C12H25N3.HI/c1-12(2)7-5-10(6-8-12)9-15-11(13-3)14-4;/h10H,5-9H2,1-4H3,(H2,13,14,15);1H. The van der Waals surface area contributed by atoms with Crippen LogP contribution in [0.1, 0.15) is 39.5 Å². The summed E-state index contributed by atoms with van der Waals surface area (Å²) in [6.45, 7) is 5.82. The van der Waals surface area contributed by atoms with E-state index < -0.39 is 0 Å². The molecule has 0 aromatic carbocycles. The van der Waals surface area contributed by atoms with Gasteiger partial charge in [0.25, 0.3) is 0 Å². The molecule has 3 nitrogen and oxygen atoms in total. The molecule has 96 valence electrons. The summed E-state index contributed by atoms with van der Waals surface area (Å²) in [5.41, 5.74) is 0.571. The first-order chi connectivity index (χ1) is 7.07. The minimum atomic E-state index is 0. The van der Waals surface area contributed by atoms with Crippen molar-refractivity contribution in [1.29, 1.82) is 0 Å². The van der Waals surface area contributed by atoms with Gasteiger partial charge in [0.1, 0.15) is 0 Å². The van der Waals surface area contributed by atoms with Gasteiger partial charge >= 0.3 is 0 Å². The highest BCUT2D eigenvalue weighted by atomic mass is 127. The molecule has 0 saturated heterocycles. The normalized spacial score (nSPS) is 21.1. The molecule has 1 aliphatic carbocycles. The first-order valence-corrected chi connectivity index (χ1v) is 5.96. The molecule has 1 saturated carbocycles. The molecule has 0 aromatic heterocycles. The molecule has 0 aliphatic heterocycles. The van der Waals surface area contributed by atoms with Gasteiger partial charge in [-0.05, 0) is 37.0 Å². The monoisotopic (exact) mass is 339 g/mol. The first-order valence-electron chi connectivity index (χ1n) is 5.96. The average Bonchev–Trinajstić information content (AvgIpc) is 2.21. The highest BCUT2D eigenvalue weighted by Crippen LogP contribution is 2.37. The van der Waals surface area contributed by atoms with Crippen molar-refractivity contribution in [3.63, 3.8) is 0 Å². The molecule has 1 rings (SSSR count). The molecule has 4 heteroatoms. The Morgan fingerprint density at radius 3 is 2.31 bits per heavy atom. The molecule has 1 aliphatic rings. The maximum Gasteiger partial charge on any atom is 0.190 e. The maximum absolute atomic E-state index is 4.11. The van der Waals surface area contributed by atoms with Crippen molar-refractivity contribution in [3.05, 3.63) is 0 Å². The Morgan fingerprint density at radius 1 is 1.31 bits per heavy atom. The van der Waals surface area contributed by atoms with Crippen LogP contribution in [0, 0.1) is 11.3 Å². The van der Waals surface area contributed by atoms with E-state index in [4.69, 9.17) is 0 Å². The van der Waals surface area contributed by atoms with E-state index in [2.05, 4.69) is 29.5 Å². The van der Waals surface area contributed by atoms with Gasteiger partial charge in [0.15, 0.2) is 5.96 Å². The minimum Gasteiger partial charge on any atom is -0.359 e. The van der Waals surface area contributed by atoms with Crippen LogP contribution in [0.3, 0.4) is 0 Å². The van der Waals surface area contributed by atoms with Gasteiger partial charge in [-0.1, -0.05) is 13.8 Å². The van der Waals surface area contributed by atoms with Crippen molar-refractivity contribution in [2.24, 2.45) is 16.3 Å². The van der Waals surface area contributed by atoms with Crippen LogP contribution in [0.15, 0.2) is 4.99 Å². The van der Waals surface area contributed by atoms with E-state index in [0.717, 1.165) is 18.4 Å². The zero-order valence-electron chi connectivity index (χ0n) is 11.0. The summed E-state index contributed by atoms with van der Waals surface area (Å²) >= 11 is 0. The molecule has 0 atom stereocenters. The van der Waals surface area contributed by atoms with E-state index in [1.54, 1.807) is 0 Å². The van der Waals surface area contributed by atoms with Crippen molar-refractivity contribution < 1.29 is 0 Å². The van der Waals surface area contributed by atoms with Crippen molar-refractivity contribution in [2.75, 3.05) is 20.6 Å². The maximum atomic E-state index is 4.11. The van der Waals surface area contributed by atoms with Crippen molar-refractivity contribution in [1.82, 2.24) is 10.6 Å². The number of hydrogen-bond donors (Lipinski definition) is 2. The smallest absolute Gasteiger partial charge is 0.190 e. The predicted octanol–water partition coefficient (Wildman–Crippen LogP) is 2.62. The molecule has 1 fully saturated rings. The summed E-state index contributed by atoms with van der Waals surface area (Å²) < 4.78 is 0. The fraction of sp³-hybridized carbons (Fsp3) is 0.917. The highest BCUT2D eigenvalue weighted by Gasteiger charge is 2.26. The summed E-state index contributed by atoms with van der Waals surface area (Å²) in [5.74, 6) is 1.72. The van der Waals surface area contributed by atoms with Crippen LogP contribution in [0.4, 0.5) is 0 Å². The molecule has 0 heterocycles. The van der Waals surface area contributed by atoms with Gasteiger partial charge in [0, 0.05) is 20.6 Å². The van der Waals surface area contributed by atoms with Gasteiger partial charge in [-0.25, -0.2) is 0 Å². The van der Waals surface area contributed by atoms with Crippen LogP contribution in [-0.2, 0) is 0 Å². The average molecular weight is 339 g/mol. The van der Waals surface area contributed by atoms with Crippen molar-refractivity contribution in [2.45, 2.75) is 39.5 Å². The van der Waals surface area contributed by atoms with Crippen LogP contribution in [0.5, 0.6) is 0 Å². The van der Waals surface area contributed by atoms with E-state index in [9.17, 15) is 0 Å². The van der Waals surface area contributed by atoms with Gasteiger partial charge in [-0.2, -0.15) is 0 Å². The number of nitrogens with one attached hydrogen (secondary N) is 2. The summed E-state index contributed by atoms with van der Waals surface area (Å²) in [5, 5.41) is 6.40. The predicted molar refractivity (Wildman–Crippen MR) is 81.6 cm³/mol. The number of nitrogens with zero attached hydrogens (tertiary/aromatic N) is 1. The van der Waals surface area contributed by atoms with Crippen LogP contribution >= 0.6 is 24.0 Å². The quantitative estimate of drug-likeness (QED) is 0.461. The molecular weight excluding hydrogens is 313 g/mol. The molecule has 0 aromatic rings. The Hall–Kier alpha value is 0. The van der Waals surface area contributed by atoms with Crippen LogP contribution in [-0.4, -0.2) is 26.6 Å². The fourth-order valence-electron chi connectivity index (χ4n) is 2.18. The summed E-state index contributed by atoms with van der Waals surface area (Å²) in [4.78, 5) is 4.11. The fourth-order valence-corrected chi connectivity index (χ4v) is 2.18. The Labute approximate surface area is 117 Å². The third-order valence-electron chi connectivity index (χ3n) is 3.48. The topological polar surface area (TPSA) is 36.4 Å². The second kappa shape index (κ2) is 7.35. The molecule has 0 unspecified atom stereocenters.